The van der Waals surface area contributed by atoms with Crippen LogP contribution in [-0.4, -0.2) is 17.9 Å². The molecule has 0 spiro atoms. The minimum Gasteiger partial charge on any atom is -0.352 e. The van der Waals surface area contributed by atoms with Crippen molar-refractivity contribution < 1.29 is 4.79 Å². The van der Waals surface area contributed by atoms with Gasteiger partial charge in [-0.05, 0) is 11.8 Å². The number of nitrogens with two attached hydrogens (primary N) is 1. The third-order valence-corrected chi connectivity index (χ3v) is 0.797. The number of hydrogen-bond donors (Lipinski definition) is 2. The molecule has 4 heteroatoms. The SMILES string of the molecule is NC(=O)NCCC=S. The number of primary amides is 1. The molecule has 3 N–H and O–H groups in total. The first-order valence-electron chi connectivity index (χ1n) is 2.24. The highest BCUT2D eigenvalue weighted by Gasteiger charge is 1.85. The number of carbonyl (C=O) groups is 1. The number of rotatable bonds is 3. The van der Waals surface area contributed by atoms with Gasteiger partial charge in [0.05, 0.1) is 0 Å². The molecule has 0 aromatic carbocycles. The summed E-state index contributed by atoms with van der Waals surface area (Å²) in [5, 5.41) is 3.94. The summed E-state index contributed by atoms with van der Waals surface area (Å²) >= 11 is 4.49. The normalized spacial score (nSPS) is 8.00. The molecule has 0 heterocycles. The number of thiocarbonyl (C=S) groups is 1. The summed E-state index contributed by atoms with van der Waals surface area (Å²) in [5.41, 5.74) is 4.74. The molecule has 0 aliphatic rings. The van der Waals surface area contributed by atoms with Gasteiger partial charge in [0.15, 0.2) is 0 Å². The van der Waals surface area contributed by atoms with Crippen LogP contribution in [0.4, 0.5) is 4.79 Å². The summed E-state index contributed by atoms with van der Waals surface area (Å²) in [6, 6.07) is -0.498. The van der Waals surface area contributed by atoms with E-state index >= 15 is 0 Å². The molecule has 0 atom stereocenters. The lowest BCUT2D eigenvalue weighted by Gasteiger charge is -1.93. The Kier molecular flexibility index (Phi) is 4.16. The highest BCUT2D eigenvalue weighted by atomic mass is 32.1. The van der Waals surface area contributed by atoms with Crippen LogP contribution in [-0.2, 0) is 0 Å². The quantitative estimate of drug-likeness (QED) is 0.421. The Balaban J connectivity index is 2.93. The zero-order valence-corrected chi connectivity index (χ0v) is 5.20. The van der Waals surface area contributed by atoms with Crippen molar-refractivity contribution in [1.82, 2.24) is 5.32 Å². The zero-order chi connectivity index (χ0) is 6.41. The minimum absolute atomic E-state index is 0.498. The standard InChI is InChI=1S/C4H8N2OS/c5-4(7)6-2-1-3-8/h3H,1-2H2,(H3,5,6,7). The maximum Gasteiger partial charge on any atom is 0.312 e. The van der Waals surface area contributed by atoms with Crippen LogP contribution in [0.15, 0.2) is 0 Å². The van der Waals surface area contributed by atoms with Gasteiger partial charge < -0.3 is 11.1 Å². The molecule has 46 valence electrons. The molecule has 0 rings (SSSR count). The van der Waals surface area contributed by atoms with Crippen LogP contribution < -0.4 is 11.1 Å². The molecule has 0 unspecified atom stereocenters. The predicted octanol–water partition coefficient (Wildman–Crippen LogP) is 0.0445. The lowest BCUT2D eigenvalue weighted by Crippen LogP contribution is -2.30. The molecule has 0 saturated carbocycles. The molecular formula is C4H8N2OS. The van der Waals surface area contributed by atoms with Crippen LogP contribution in [0.5, 0.6) is 0 Å². The predicted molar refractivity (Wildman–Crippen MR) is 35.9 cm³/mol. The number of hydrogen-bond acceptors (Lipinski definition) is 2. The van der Waals surface area contributed by atoms with E-state index < -0.39 is 6.03 Å². The third kappa shape index (κ3) is 5.36. The summed E-state index contributed by atoms with van der Waals surface area (Å²) < 4.78 is 0. The molecule has 0 aliphatic heterocycles. The van der Waals surface area contributed by atoms with Gasteiger partial charge in [0.25, 0.3) is 0 Å². The van der Waals surface area contributed by atoms with Crippen molar-refractivity contribution in [2.24, 2.45) is 5.73 Å². The van der Waals surface area contributed by atoms with E-state index in [0.29, 0.717) is 13.0 Å². The van der Waals surface area contributed by atoms with Crippen molar-refractivity contribution in [3.63, 3.8) is 0 Å². The first-order chi connectivity index (χ1) is 3.77. The Labute approximate surface area is 53.2 Å². The summed E-state index contributed by atoms with van der Waals surface area (Å²) in [6.07, 6.45) is 0.693. The highest BCUT2D eigenvalue weighted by Crippen LogP contribution is 1.67. The zero-order valence-electron chi connectivity index (χ0n) is 4.39. The van der Waals surface area contributed by atoms with Gasteiger partial charge in [-0.3, -0.25) is 0 Å². The van der Waals surface area contributed by atoms with Crippen LogP contribution in [0, 0.1) is 0 Å². The van der Waals surface area contributed by atoms with Crippen LogP contribution in [0.1, 0.15) is 6.42 Å². The van der Waals surface area contributed by atoms with Crippen molar-refractivity contribution in [3.05, 3.63) is 0 Å². The van der Waals surface area contributed by atoms with Gasteiger partial charge in [-0.25, -0.2) is 4.79 Å². The molecule has 2 amide bonds. The topological polar surface area (TPSA) is 55.1 Å². The van der Waals surface area contributed by atoms with Gasteiger partial charge in [0.2, 0.25) is 0 Å². The van der Waals surface area contributed by atoms with E-state index in [1.807, 2.05) is 0 Å². The van der Waals surface area contributed by atoms with Crippen molar-refractivity contribution in [3.8, 4) is 0 Å². The fourth-order valence-electron chi connectivity index (χ4n) is 0.254. The first-order valence-corrected chi connectivity index (χ1v) is 2.71. The van der Waals surface area contributed by atoms with E-state index in [4.69, 9.17) is 5.73 Å². The molecule has 0 aromatic heterocycles. The lowest BCUT2D eigenvalue weighted by molar-refractivity contribution is 0.249. The fraction of sp³-hybridized carbons (Fsp3) is 0.500. The van der Waals surface area contributed by atoms with Crippen molar-refractivity contribution in [2.45, 2.75) is 6.42 Å². The van der Waals surface area contributed by atoms with E-state index in [-0.39, 0.29) is 0 Å². The summed E-state index contributed by atoms with van der Waals surface area (Å²) in [7, 11) is 0. The second kappa shape index (κ2) is 4.52. The average Bonchev–Trinajstić information content (AvgIpc) is 1.66. The van der Waals surface area contributed by atoms with E-state index in [1.165, 1.54) is 0 Å². The van der Waals surface area contributed by atoms with E-state index in [2.05, 4.69) is 17.5 Å². The fourth-order valence-corrected chi connectivity index (χ4v) is 0.372. The number of carbonyl (C=O) groups excluding carboxylic acids is 1. The monoisotopic (exact) mass is 132 g/mol. The Morgan fingerprint density at radius 3 is 2.88 bits per heavy atom. The summed E-state index contributed by atoms with van der Waals surface area (Å²) in [6.45, 7) is 0.541. The van der Waals surface area contributed by atoms with Crippen LogP contribution in [0.3, 0.4) is 0 Å². The van der Waals surface area contributed by atoms with Gasteiger partial charge in [-0.2, -0.15) is 0 Å². The maximum atomic E-state index is 9.94. The molecule has 0 fully saturated rings. The Morgan fingerprint density at radius 2 is 2.50 bits per heavy atom. The molecule has 0 radical (unpaired) electrons. The molecular weight excluding hydrogens is 124 g/mol. The van der Waals surface area contributed by atoms with Gasteiger partial charge >= 0.3 is 6.03 Å². The van der Waals surface area contributed by atoms with E-state index in [9.17, 15) is 4.79 Å². The lowest BCUT2D eigenvalue weighted by atomic mass is 10.5. The number of amides is 2. The van der Waals surface area contributed by atoms with Gasteiger partial charge in [-0.15, -0.1) is 0 Å². The Bertz CT molecular complexity index is 94.0. The first kappa shape index (κ1) is 7.36. The maximum absolute atomic E-state index is 9.94. The molecule has 0 aliphatic carbocycles. The highest BCUT2D eigenvalue weighted by molar-refractivity contribution is 7.78. The van der Waals surface area contributed by atoms with Crippen molar-refractivity contribution >= 4 is 23.6 Å². The third-order valence-electron chi connectivity index (χ3n) is 0.561. The largest absolute Gasteiger partial charge is 0.352 e. The second-order valence-electron chi connectivity index (χ2n) is 1.25. The molecule has 0 bridgehead atoms. The second-order valence-corrected chi connectivity index (χ2v) is 1.58. The number of urea groups is 1. The van der Waals surface area contributed by atoms with E-state index in [1.54, 1.807) is 5.37 Å². The Hall–Kier alpha value is -0.640. The van der Waals surface area contributed by atoms with Crippen molar-refractivity contribution in [1.29, 1.82) is 0 Å². The van der Waals surface area contributed by atoms with Crippen LogP contribution in [0.25, 0.3) is 0 Å². The van der Waals surface area contributed by atoms with E-state index in [0.717, 1.165) is 0 Å². The molecule has 0 aromatic rings. The van der Waals surface area contributed by atoms with Gasteiger partial charge in [-0.1, -0.05) is 12.2 Å². The molecule has 8 heavy (non-hydrogen) atoms. The molecule has 0 saturated heterocycles. The average molecular weight is 132 g/mol. The van der Waals surface area contributed by atoms with Crippen LogP contribution in [0.2, 0.25) is 0 Å². The summed E-state index contributed by atoms with van der Waals surface area (Å²) in [4.78, 5) is 9.94. The van der Waals surface area contributed by atoms with Crippen molar-refractivity contribution in [2.75, 3.05) is 6.54 Å². The summed E-state index contributed by atoms with van der Waals surface area (Å²) in [5.74, 6) is 0. The van der Waals surface area contributed by atoms with Crippen LogP contribution >= 0.6 is 12.2 Å². The smallest absolute Gasteiger partial charge is 0.312 e. The minimum atomic E-state index is -0.498. The van der Waals surface area contributed by atoms with Gasteiger partial charge in [0, 0.05) is 6.54 Å². The molecule has 3 nitrogen and oxygen atoms in total. The number of nitrogens with one attached hydrogen (secondary N) is 1. The van der Waals surface area contributed by atoms with Gasteiger partial charge in [0.1, 0.15) is 0 Å². The Morgan fingerprint density at radius 1 is 1.88 bits per heavy atom.